The van der Waals surface area contributed by atoms with Crippen LogP contribution in [0.2, 0.25) is 0 Å². The average molecular weight is 1070 g/mol. The number of hydrogen-bond acceptors (Lipinski definition) is 6. The van der Waals surface area contributed by atoms with Crippen molar-refractivity contribution in [2.45, 2.75) is 135 Å². The first-order valence-corrected chi connectivity index (χ1v) is 29.6. The summed E-state index contributed by atoms with van der Waals surface area (Å²) in [7, 11) is -0.865. The molecule has 6 nitrogen and oxygen atoms in total. The maximum Gasteiger partial charge on any atom is 0.494 e. The van der Waals surface area contributed by atoms with Crippen LogP contribution in [-0.4, -0.2) is 55.0 Å². The summed E-state index contributed by atoms with van der Waals surface area (Å²) < 4.78 is 36.5. The monoisotopic (exact) mass is 1070 g/mol. The molecule has 362 valence electrons. The summed E-state index contributed by atoms with van der Waals surface area (Å²) in [6.45, 7) is 27.0. The minimum absolute atomic E-state index is 0.245. The van der Waals surface area contributed by atoms with Gasteiger partial charge in [-0.1, -0.05) is 70.0 Å². The van der Waals surface area contributed by atoms with E-state index in [9.17, 15) is 0 Å². The number of aryl methyl sites for hydroxylation is 1. The molecule has 3 fully saturated rings. The fourth-order valence-corrected chi connectivity index (χ4v) is 16.6. The maximum absolute atomic E-state index is 6.30. The molecule has 3 heterocycles. The van der Waals surface area contributed by atoms with E-state index in [-0.39, 0.29) is 55.0 Å². The van der Waals surface area contributed by atoms with Crippen LogP contribution in [0.1, 0.15) is 99.8 Å². The Morgan fingerprint density at radius 3 is 0.870 bits per heavy atom. The van der Waals surface area contributed by atoms with Gasteiger partial charge in [-0.15, -0.1) is 0 Å². The third-order valence-corrected chi connectivity index (χ3v) is 25.3. The fraction of sp³-hybridized carbons (Fsp3) is 0.368. The van der Waals surface area contributed by atoms with E-state index in [1.807, 2.05) is 0 Å². The standard InChI is InChI=1S/C31H33BBrO2P.C13H18BBrO2.C13H19BO2/c1-30(2)31(3,4)35-32(34-30)26-22-20-25(21-23-26)24-36(33,27-14-8-5-9-15-27,28-16-10-6-11-17-28)29-18-12-7-13-19-29;1-12(2)13(3,4)17-14(16-12)11-7-5-10(9-15)6-8-11;1-10-6-8-11(9-7-10)14-15-12(2,3)13(4,5)16-14/h5-23H,24H2,1-4H3;5-8H,9H2,1-4H3;6-9H,1-5H3. The van der Waals surface area contributed by atoms with Crippen LogP contribution in [0.4, 0.5) is 0 Å². The van der Waals surface area contributed by atoms with E-state index in [1.54, 1.807) is 0 Å². The van der Waals surface area contributed by atoms with Crippen molar-refractivity contribution in [2.24, 2.45) is 0 Å². The minimum Gasteiger partial charge on any atom is -0.399 e. The fourth-order valence-electron chi connectivity index (χ4n) is 8.49. The molecule has 3 aliphatic heterocycles. The molecule has 69 heavy (non-hydrogen) atoms. The maximum atomic E-state index is 6.30. The van der Waals surface area contributed by atoms with Gasteiger partial charge in [0.1, 0.15) is 0 Å². The van der Waals surface area contributed by atoms with Crippen LogP contribution in [0.3, 0.4) is 0 Å². The Balaban J connectivity index is 0.000000176. The Bertz CT molecular complexity index is 2480. The number of alkyl halides is 1. The summed E-state index contributed by atoms with van der Waals surface area (Å²) in [5, 5.41) is 1.79. The normalized spacial score (nSPS) is 19.9. The molecule has 12 heteroatoms. The Morgan fingerprint density at radius 1 is 0.362 bits per heavy atom. The van der Waals surface area contributed by atoms with Crippen molar-refractivity contribution in [1.82, 2.24) is 0 Å². The van der Waals surface area contributed by atoms with Crippen molar-refractivity contribution in [1.29, 1.82) is 0 Å². The quantitative estimate of drug-likeness (QED) is 0.0817. The molecule has 0 spiro atoms. The predicted octanol–water partition coefficient (Wildman–Crippen LogP) is 11.5. The van der Waals surface area contributed by atoms with Crippen LogP contribution in [-0.2, 0) is 39.4 Å². The zero-order valence-corrected chi connectivity index (χ0v) is 47.0. The zero-order chi connectivity index (χ0) is 50.1. The zero-order valence-electron chi connectivity index (χ0n) is 42.9. The van der Waals surface area contributed by atoms with Crippen LogP contribution < -0.4 is 32.3 Å². The van der Waals surface area contributed by atoms with Gasteiger partial charge in [-0.2, -0.15) is 0 Å². The van der Waals surface area contributed by atoms with Crippen LogP contribution in [0, 0.1) is 6.92 Å². The Morgan fingerprint density at radius 2 is 0.609 bits per heavy atom. The van der Waals surface area contributed by atoms with Gasteiger partial charge in [0, 0.05) is 5.33 Å². The Hall–Kier alpha value is -3.34. The largest absolute Gasteiger partial charge is 0.494 e. The number of rotatable bonds is 9. The number of hydrogen-bond donors (Lipinski definition) is 0. The van der Waals surface area contributed by atoms with E-state index in [2.05, 4.69) is 285 Å². The number of benzene rings is 6. The molecular weight excluding hydrogens is 1000 g/mol. The van der Waals surface area contributed by atoms with Crippen molar-refractivity contribution in [3.63, 3.8) is 0 Å². The minimum atomic E-state index is -3.03. The molecule has 6 aromatic carbocycles. The first-order chi connectivity index (χ1) is 32.3. The van der Waals surface area contributed by atoms with Crippen LogP contribution in [0.25, 0.3) is 0 Å². The molecule has 0 amide bonds. The van der Waals surface area contributed by atoms with E-state index in [1.165, 1.54) is 32.6 Å². The molecule has 0 saturated carbocycles. The van der Waals surface area contributed by atoms with Gasteiger partial charge >= 0.3 is 239 Å². The van der Waals surface area contributed by atoms with Crippen molar-refractivity contribution in [2.75, 3.05) is 0 Å². The van der Waals surface area contributed by atoms with Gasteiger partial charge in [-0.25, -0.2) is 0 Å². The summed E-state index contributed by atoms with van der Waals surface area (Å²) in [6, 6.07) is 58.2. The van der Waals surface area contributed by atoms with Gasteiger partial charge in [0.05, 0.1) is 22.4 Å². The second-order valence-electron chi connectivity index (χ2n) is 21.6. The second-order valence-corrected chi connectivity index (χ2v) is 31.1. The third-order valence-electron chi connectivity index (χ3n) is 15.1. The summed E-state index contributed by atoms with van der Waals surface area (Å²) >= 11 is 7.99. The Labute approximate surface area is 431 Å². The van der Waals surface area contributed by atoms with E-state index >= 15 is 0 Å². The molecule has 0 aromatic heterocycles. The molecule has 3 aliphatic rings. The van der Waals surface area contributed by atoms with Gasteiger partial charge in [0.15, 0.2) is 0 Å². The summed E-state index contributed by atoms with van der Waals surface area (Å²) in [6.07, 6.45) is 0.854. The topological polar surface area (TPSA) is 55.4 Å². The van der Waals surface area contributed by atoms with Gasteiger partial charge in [-0.3, -0.25) is 0 Å². The molecule has 9 rings (SSSR count). The molecule has 3 saturated heterocycles. The van der Waals surface area contributed by atoms with Gasteiger partial charge in [0.25, 0.3) is 0 Å². The van der Waals surface area contributed by atoms with Crippen molar-refractivity contribution in [3.05, 3.63) is 180 Å². The van der Waals surface area contributed by atoms with Crippen molar-refractivity contribution < 1.29 is 27.9 Å². The first-order valence-electron chi connectivity index (χ1n) is 24.1. The van der Waals surface area contributed by atoms with Crippen LogP contribution in [0.15, 0.2) is 164 Å². The van der Waals surface area contributed by atoms with Crippen LogP contribution >= 0.6 is 36.7 Å². The molecule has 0 aliphatic carbocycles. The molecule has 0 unspecified atom stereocenters. The van der Waals surface area contributed by atoms with E-state index in [0.717, 1.165) is 27.9 Å². The first kappa shape index (κ1) is 53.5. The molecule has 0 N–H and O–H groups in total. The van der Waals surface area contributed by atoms with Gasteiger partial charge in [0.2, 0.25) is 0 Å². The van der Waals surface area contributed by atoms with E-state index in [0.29, 0.717) is 0 Å². The average Bonchev–Trinajstić information content (AvgIpc) is 3.80. The Kier molecular flexibility index (Phi) is 15.7. The molecule has 0 atom stereocenters. The van der Waals surface area contributed by atoms with Crippen molar-refractivity contribution in [3.8, 4) is 0 Å². The third kappa shape index (κ3) is 11.0. The molecule has 6 aromatic rings. The van der Waals surface area contributed by atoms with Gasteiger partial charge in [-0.05, 0) is 78.8 Å². The summed E-state index contributed by atoms with van der Waals surface area (Å²) in [4.78, 5) is 0. The molecule has 0 radical (unpaired) electrons. The van der Waals surface area contributed by atoms with Crippen LogP contribution in [0.5, 0.6) is 0 Å². The predicted molar refractivity (Wildman–Crippen MR) is 302 cm³/mol. The van der Waals surface area contributed by atoms with E-state index in [4.69, 9.17) is 27.9 Å². The summed E-state index contributed by atoms with van der Waals surface area (Å²) in [5.41, 5.74) is 5.20. The number of halogens is 2. The van der Waals surface area contributed by atoms with Gasteiger partial charge < -0.3 is 18.6 Å². The van der Waals surface area contributed by atoms with E-state index < -0.39 is 5.31 Å². The summed E-state index contributed by atoms with van der Waals surface area (Å²) in [5.74, 6) is 0. The smallest absolute Gasteiger partial charge is 0.399 e. The van der Waals surface area contributed by atoms with Crippen molar-refractivity contribution >= 4 is 90.4 Å². The SMILES string of the molecule is CC1(C)OB(c2ccc(CBr)cc2)OC1(C)C.CC1(C)OB(c2ccc(CP(Br)(c3ccccc3)(c3ccccc3)c3ccccc3)cc2)OC1(C)C.Cc1ccc(B2OC(C)(C)C(C)(C)O2)cc1. The second kappa shape index (κ2) is 20.3. The molecular formula is C57H70B3Br2O6P. The molecule has 0 bridgehead atoms.